The predicted molar refractivity (Wildman–Crippen MR) is 42.2 cm³/mol. The van der Waals surface area contributed by atoms with Gasteiger partial charge in [0.2, 0.25) is 0 Å². The fourth-order valence-electron chi connectivity index (χ4n) is 3.38. The van der Waals surface area contributed by atoms with Crippen molar-refractivity contribution in [2.24, 2.45) is 11.7 Å². The van der Waals surface area contributed by atoms with E-state index in [9.17, 15) is 0 Å². The van der Waals surface area contributed by atoms with E-state index in [0.717, 1.165) is 18.8 Å². The fourth-order valence-corrected chi connectivity index (χ4v) is 3.38. The van der Waals surface area contributed by atoms with Crippen LogP contribution >= 0.6 is 0 Å². The van der Waals surface area contributed by atoms with Gasteiger partial charge in [-0.15, -0.1) is 0 Å². The maximum Gasteiger partial charge on any atom is 0.0599 e. The van der Waals surface area contributed by atoms with E-state index in [-0.39, 0.29) is 5.54 Å². The summed E-state index contributed by atoms with van der Waals surface area (Å²) in [5.41, 5.74) is 6.42. The molecule has 0 radical (unpaired) electrons. The van der Waals surface area contributed by atoms with Crippen LogP contribution in [0.3, 0.4) is 0 Å². The van der Waals surface area contributed by atoms with Gasteiger partial charge in [-0.1, -0.05) is 0 Å². The summed E-state index contributed by atoms with van der Waals surface area (Å²) in [6, 6.07) is 0. The van der Waals surface area contributed by atoms with Gasteiger partial charge in [-0.3, -0.25) is 0 Å². The van der Waals surface area contributed by atoms with Crippen LogP contribution in [0.5, 0.6) is 0 Å². The first-order valence-corrected chi connectivity index (χ1v) is 4.68. The molecule has 2 N–H and O–H groups in total. The molecule has 0 aromatic carbocycles. The van der Waals surface area contributed by atoms with Crippen molar-refractivity contribution in [3.05, 3.63) is 0 Å². The molecule has 4 bridgehead atoms. The fraction of sp³-hybridized carbons (Fsp3) is 1.00. The molecule has 0 amide bonds. The SMILES string of the molecule is NC12CC3C[C@H](C1)O[C@@H](C3)C2. The molecule has 4 aliphatic rings. The van der Waals surface area contributed by atoms with E-state index in [0.29, 0.717) is 12.2 Å². The number of rotatable bonds is 0. The summed E-state index contributed by atoms with van der Waals surface area (Å²) >= 11 is 0. The molecule has 2 saturated carbocycles. The van der Waals surface area contributed by atoms with Gasteiger partial charge in [-0.2, -0.15) is 0 Å². The van der Waals surface area contributed by atoms with Gasteiger partial charge in [0.25, 0.3) is 0 Å². The van der Waals surface area contributed by atoms with Crippen LogP contribution in [0.2, 0.25) is 0 Å². The van der Waals surface area contributed by atoms with E-state index in [1.54, 1.807) is 0 Å². The van der Waals surface area contributed by atoms with Crippen molar-refractivity contribution in [2.45, 2.75) is 49.9 Å². The molecular formula is C9H15NO. The van der Waals surface area contributed by atoms with Crippen LogP contribution in [-0.4, -0.2) is 17.7 Å². The molecular weight excluding hydrogens is 138 g/mol. The number of hydrogen-bond acceptors (Lipinski definition) is 2. The second kappa shape index (κ2) is 1.80. The summed E-state index contributed by atoms with van der Waals surface area (Å²) in [6.45, 7) is 0. The molecule has 4 fully saturated rings. The van der Waals surface area contributed by atoms with Gasteiger partial charge >= 0.3 is 0 Å². The van der Waals surface area contributed by atoms with E-state index in [2.05, 4.69) is 0 Å². The van der Waals surface area contributed by atoms with Gasteiger partial charge in [0.15, 0.2) is 0 Å². The average Bonchev–Trinajstić information content (AvgIpc) is 1.79. The monoisotopic (exact) mass is 153 g/mol. The number of hydrogen-bond donors (Lipinski definition) is 1. The smallest absolute Gasteiger partial charge is 0.0599 e. The minimum Gasteiger partial charge on any atom is -0.375 e. The van der Waals surface area contributed by atoms with Crippen LogP contribution in [0, 0.1) is 5.92 Å². The first-order valence-electron chi connectivity index (χ1n) is 4.68. The zero-order valence-electron chi connectivity index (χ0n) is 6.75. The third-order valence-corrected chi connectivity index (χ3v) is 3.54. The minimum absolute atomic E-state index is 0.175. The number of nitrogens with two attached hydrogens (primary N) is 1. The predicted octanol–water partition coefficient (Wildman–Crippen LogP) is 1.05. The molecule has 2 nitrogen and oxygen atoms in total. The Bertz CT molecular complexity index is 155. The van der Waals surface area contributed by atoms with Crippen molar-refractivity contribution in [1.82, 2.24) is 0 Å². The molecule has 0 spiro atoms. The van der Waals surface area contributed by atoms with Crippen LogP contribution in [0.1, 0.15) is 32.1 Å². The maximum atomic E-state index is 6.24. The summed E-state index contributed by atoms with van der Waals surface area (Å²) in [7, 11) is 0. The van der Waals surface area contributed by atoms with Gasteiger partial charge in [-0.05, 0) is 38.0 Å². The van der Waals surface area contributed by atoms with Gasteiger partial charge in [0.1, 0.15) is 0 Å². The lowest BCUT2D eigenvalue weighted by molar-refractivity contribution is -0.162. The quantitative estimate of drug-likeness (QED) is 0.564. The lowest BCUT2D eigenvalue weighted by Crippen LogP contribution is -2.60. The van der Waals surface area contributed by atoms with Crippen molar-refractivity contribution >= 4 is 0 Å². The summed E-state index contributed by atoms with van der Waals surface area (Å²) in [5, 5.41) is 0. The molecule has 2 heterocycles. The van der Waals surface area contributed by atoms with Crippen molar-refractivity contribution in [3.8, 4) is 0 Å². The Morgan fingerprint density at radius 1 is 1.09 bits per heavy atom. The molecule has 2 aliphatic carbocycles. The van der Waals surface area contributed by atoms with Crippen LogP contribution in [0.25, 0.3) is 0 Å². The van der Waals surface area contributed by atoms with Crippen LogP contribution < -0.4 is 5.73 Å². The third-order valence-electron chi connectivity index (χ3n) is 3.54. The highest BCUT2D eigenvalue weighted by molar-refractivity contribution is 5.04. The highest BCUT2D eigenvalue weighted by Crippen LogP contribution is 2.48. The van der Waals surface area contributed by atoms with Crippen molar-refractivity contribution in [1.29, 1.82) is 0 Å². The van der Waals surface area contributed by atoms with Crippen molar-refractivity contribution in [3.63, 3.8) is 0 Å². The molecule has 0 aromatic rings. The van der Waals surface area contributed by atoms with E-state index in [1.165, 1.54) is 19.3 Å². The van der Waals surface area contributed by atoms with Gasteiger partial charge in [-0.25, -0.2) is 0 Å². The molecule has 2 aliphatic heterocycles. The Morgan fingerprint density at radius 3 is 2.18 bits per heavy atom. The molecule has 4 rings (SSSR count). The normalized spacial score (nSPS) is 60.3. The van der Waals surface area contributed by atoms with Crippen LogP contribution in [-0.2, 0) is 4.74 Å². The maximum absolute atomic E-state index is 6.24. The standard InChI is InChI=1S/C9H15NO/c10-9-3-6-1-7(4-9)11-8(2-6)5-9/h6-8H,1-5,10H2/t6?,7-,8+,9?. The van der Waals surface area contributed by atoms with E-state index in [4.69, 9.17) is 10.5 Å². The molecule has 2 saturated heterocycles. The van der Waals surface area contributed by atoms with E-state index in [1.807, 2.05) is 0 Å². The van der Waals surface area contributed by atoms with Crippen LogP contribution in [0.15, 0.2) is 0 Å². The topological polar surface area (TPSA) is 35.2 Å². The molecule has 2 heteroatoms. The van der Waals surface area contributed by atoms with Gasteiger partial charge in [0, 0.05) is 5.54 Å². The van der Waals surface area contributed by atoms with E-state index >= 15 is 0 Å². The Morgan fingerprint density at radius 2 is 1.73 bits per heavy atom. The summed E-state index contributed by atoms with van der Waals surface area (Å²) in [5.74, 6) is 0.895. The lowest BCUT2D eigenvalue weighted by atomic mass is 9.63. The number of ether oxygens (including phenoxy) is 1. The average molecular weight is 153 g/mol. The molecule has 62 valence electrons. The molecule has 4 atom stereocenters. The Labute approximate surface area is 67.1 Å². The summed E-state index contributed by atoms with van der Waals surface area (Å²) in [6.07, 6.45) is 7.13. The Balaban J connectivity index is 1.94. The summed E-state index contributed by atoms with van der Waals surface area (Å²) < 4.78 is 5.81. The first-order chi connectivity index (χ1) is 5.23. The molecule has 0 aromatic heterocycles. The second-order valence-corrected chi connectivity index (χ2v) is 4.69. The first kappa shape index (κ1) is 6.44. The lowest BCUT2D eigenvalue weighted by Gasteiger charge is -2.54. The second-order valence-electron chi connectivity index (χ2n) is 4.69. The van der Waals surface area contributed by atoms with Gasteiger partial charge < -0.3 is 10.5 Å². The Kier molecular flexibility index (Phi) is 1.06. The van der Waals surface area contributed by atoms with Crippen LogP contribution in [0.4, 0.5) is 0 Å². The highest BCUT2D eigenvalue weighted by Gasteiger charge is 2.49. The zero-order chi connectivity index (χ0) is 7.47. The summed E-state index contributed by atoms with van der Waals surface area (Å²) in [4.78, 5) is 0. The minimum atomic E-state index is 0.175. The zero-order valence-corrected chi connectivity index (χ0v) is 6.75. The van der Waals surface area contributed by atoms with Gasteiger partial charge in [0.05, 0.1) is 12.2 Å². The van der Waals surface area contributed by atoms with Crippen molar-refractivity contribution in [2.75, 3.05) is 0 Å². The third kappa shape index (κ3) is 0.859. The molecule has 2 unspecified atom stereocenters. The van der Waals surface area contributed by atoms with Crippen molar-refractivity contribution < 1.29 is 4.74 Å². The Hall–Kier alpha value is -0.0800. The molecule has 11 heavy (non-hydrogen) atoms. The largest absolute Gasteiger partial charge is 0.375 e. The van der Waals surface area contributed by atoms with E-state index < -0.39 is 0 Å². The highest BCUT2D eigenvalue weighted by atomic mass is 16.5.